The molecule has 0 aromatic rings. The Kier molecular flexibility index (Phi) is 8.47. The summed E-state index contributed by atoms with van der Waals surface area (Å²) in [6.07, 6.45) is 2.25. The molecular formula is C11H20N2O6. The van der Waals surface area contributed by atoms with Crippen LogP contribution in [-0.2, 0) is 14.4 Å². The maximum Gasteiger partial charge on any atom is 0.320 e. The van der Waals surface area contributed by atoms with E-state index < -0.39 is 23.9 Å². The lowest BCUT2D eigenvalue weighted by atomic mass is 10.1. The van der Waals surface area contributed by atoms with Crippen molar-refractivity contribution >= 4 is 17.9 Å². The fourth-order valence-electron chi connectivity index (χ4n) is 1.60. The normalized spacial score (nSPS) is 12.3. The number of carboxylic acid groups (broad SMARTS) is 3. The van der Waals surface area contributed by atoms with Gasteiger partial charge < -0.3 is 21.1 Å². The zero-order valence-electron chi connectivity index (χ0n) is 10.6. The molecule has 0 aromatic heterocycles. The Morgan fingerprint density at radius 3 is 1.89 bits per heavy atom. The van der Waals surface area contributed by atoms with Gasteiger partial charge in [0.25, 0.3) is 0 Å². The summed E-state index contributed by atoms with van der Waals surface area (Å²) >= 11 is 0. The minimum Gasteiger partial charge on any atom is -0.480 e. The SMILES string of the molecule is N[C@@H](CCCCCN(CC(=O)O)CC(=O)O)C(=O)O. The molecule has 0 heterocycles. The van der Waals surface area contributed by atoms with Crippen molar-refractivity contribution in [3.05, 3.63) is 0 Å². The topological polar surface area (TPSA) is 141 Å². The Morgan fingerprint density at radius 1 is 0.947 bits per heavy atom. The van der Waals surface area contributed by atoms with Crippen molar-refractivity contribution in [2.24, 2.45) is 5.73 Å². The Morgan fingerprint density at radius 2 is 1.47 bits per heavy atom. The van der Waals surface area contributed by atoms with Gasteiger partial charge in [0, 0.05) is 0 Å². The van der Waals surface area contributed by atoms with Gasteiger partial charge in [-0.1, -0.05) is 12.8 Å². The van der Waals surface area contributed by atoms with Crippen molar-refractivity contribution in [2.45, 2.75) is 31.7 Å². The van der Waals surface area contributed by atoms with E-state index in [9.17, 15) is 14.4 Å². The molecule has 8 heteroatoms. The van der Waals surface area contributed by atoms with Gasteiger partial charge in [-0.2, -0.15) is 0 Å². The number of unbranched alkanes of at least 4 members (excludes halogenated alkanes) is 2. The number of nitrogens with two attached hydrogens (primary N) is 1. The molecule has 110 valence electrons. The molecule has 0 aliphatic heterocycles. The Balaban J connectivity index is 3.83. The predicted molar refractivity (Wildman–Crippen MR) is 65.8 cm³/mol. The molecule has 19 heavy (non-hydrogen) atoms. The average molecular weight is 276 g/mol. The first-order chi connectivity index (χ1) is 8.82. The van der Waals surface area contributed by atoms with Crippen LogP contribution in [0.2, 0.25) is 0 Å². The van der Waals surface area contributed by atoms with Crippen molar-refractivity contribution in [3.8, 4) is 0 Å². The molecule has 0 saturated carbocycles. The van der Waals surface area contributed by atoms with Gasteiger partial charge in [0.1, 0.15) is 6.04 Å². The third kappa shape index (κ3) is 9.98. The van der Waals surface area contributed by atoms with E-state index in [-0.39, 0.29) is 13.1 Å². The van der Waals surface area contributed by atoms with Crippen LogP contribution in [0.25, 0.3) is 0 Å². The number of nitrogens with zero attached hydrogens (tertiary/aromatic N) is 1. The molecule has 0 amide bonds. The molecular weight excluding hydrogens is 256 g/mol. The zero-order chi connectivity index (χ0) is 14.8. The van der Waals surface area contributed by atoms with Crippen LogP contribution in [0.3, 0.4) is 0 Å². The van der Waals surface area contributed by atoms with E-state index in [2.05, 4.69) is 0 Å². The maximum absolute atomic E-state index is 10.5. The molecule has 0 aliphatic rings. The molecule has 0 radical (unpaired) electrons. The lowest BCUT2D eigenvalue weighted by Gasteiger charge is -2.17. The standard InChI is InChI=1S/C11H20N2O6/c12-8(11(18)19)4-2-1-3-5-13(6-9(14)15)7-10(16)17/h8H,1-7,12H2,(H,14,15)(H,16,17)(H,18,19)/t8-/m0/s1. The largest absolute Gasteiger partial charge is 0.480 e. The predicted octanol–water partition coefficient (Wildman–Crippen LogP) is -0.570. The highest BCUT2D eigenvalue weighted by atomic mass is 16.4. The molecule has 0 bridgehead atoms. The first kappa shape index (κ1) is 17.3. The van der Waals surface area contributed by atoms with E-state index in [0.717, 1.165) is 0 Å². The fraction of sp³-hybridized carbons (Fsp3) is 0.727. The first-order valence-electron chi connectivity index (χ1n) is 5.97. The van der Waals surface area contributed by atoms with Crippen LogP contribution in [-0.4, -0.2) is 63.8 Å². The van der Waals surface area contributed by atoms with Crippen LogP contribution in [0.1, 0.15) is 25.7 Å². The van der Waals surface area contributed by atoms with E-state index >= 15 is 0 Å². The monoisotopic (exact) mass is 276 g/mol. The van der Waals surface area contributed by atoms with E-state index in [4.69, 9.17) is 21.1 Å². The molecule has 0 aliphatic carbocycles. The highest BCUT2D eigenvalue weighted by Gasteiger charge is 2.13. The van der Waals surface area contributed by atoms with Crippen molar-refractivity contribution < 1.29 is 29.7 Å². The van der Waals surface area contributed by atoms with E-state index in [1.807, 2.05) is 0 Å². The lowest BCUT2D eigenvalue weighted by molar-refractivity contribution is -0.142. The van der Waals surface area contributed by atoms with Crippen molar-refractivity contribution in [2.75, 3.05) is 19.6 Å². The maximum atomic E-state index is 10.5. The van der Waals surface area contributed by atoms with E-state index in [1.165, 1.54) is 4.90 Å². The fourth-order valence-corrected chi connectivity index (χ4v) is 1.60. The van der Waals surface area contributed by atoms with Crippen LogP contribution in [0.15, 0.2) is 0 Å². The molecule has 0 spiro atoms. The number of hydrogen-bond acceptors (Lipinski definition) is 5. The summed E-state index contributed by atoms with van der Waals surface area (Å²) in [6.45, 7) is -0.289. The summed E-state index contributed by atoms with van der Waals surface area (Å²) in [6, 6.07) is -0.880. The minimum atomic E-state index is -1.07. The molecule has 0 saturated heterocycles. The lowest BCUT2D eigenvalue weighted by Crippen LogP contribution is -2.35. The molecule has 0 fully saturated rings. The highest BCUT2D eigenvalue weighted by Crippen LogP contribution is 2.04. The van der Waals surface area contributed by atoms with Crippen LogP contribution in [0.4, 0.5) is 0 Å². The minimum absolute atomic E-state index is 0.319. The van der Waals surface area contributed by atoms with Gasteiger partial charge in [-0.05, 0) is 19.4 Å². The molecule has 5 N–H and O–H groups in total. The van der Waals surface area contributed by atoms with Crippen molar-refractivity contribution in [3.63, 3.8) is 0 Å². The van der Waals surface area contributed by atoms with E-state index in [0.29, 0.717) is 32.2 Å². The summed E-state index contributed by atoms with van der Waals surface area (Å²) in [5.41, 5.74) is 5.32. The first-order valence-corrected chi connectivity index (χ1v) is 5.97. The van der Waals surface area contributed by atoms with E-state index in [1.54, 1.807) is 0 Å². The van der Waals surface area contributed by atoms with Gasteiger partial charge in [0.05, 0.1) is 13.1 Å². The molecule has 0 rings (SSSR count). The Bertz CT molecular complexity index is 304. The van der Waals surface area contributed by atoms with Crippen molar-refractivity contribution in [1.29, 1.82) is 0 Å². The Labute approximate surface area is 110 Å². The second-order valence-corrected chi connectivity index (χ2v) is 4.29. The summed E-state index contributed by atoms with van der Waals surface area (Å²) in [7, 11) is 0. The number of rotatable bonds is 11. The number of hydrogen-bond donors (Lipinski definition) is 4. The quantitative estimate of drug-likeness (QED) is 0.368. The highest BCUT2D eigenvalue weighted by molar-refractivity contribution is 5.73. The van der Waals surface area contributed by atoms with Gasteiger partial charge in [-0.15, -0.1) is 0 Å². The summed E-state index contributed by atoms with van der Waals surface area (Å²) < 4.78 is 0. The summed E-state index contributed by atoms with van der Waals surface area (Å²) in [5, 5.41) is 25.8. The summed E-state index contributed by atoms with van der Waals surface area (Å²) in [4.78, 5) is 32.8. The van der Waals surface area contributed by atoms with Crippen LogP contribution in [0, 0.1) is 0 Å². The van der Waals surface area contributed by atoms with Gasteiger partial charge in [0.2, 0.25) is 0 Å². The van der Waals surface area contributed by atoms with Crippen LogP contribution >= 0.6 is 0 Å². The average Bonchev–Trinajstić information content (AvgIpc) is 2.26. The van der Waals surface area contributed by atoms with Gasteiger partial charge in [-0.25, -0.2) is 0 Å². The second-order valence-electron chi connectivity index (χ2n) is 4.29. The molecule has 1 atom stereocenters. The van der Waals surface area contributed by atoms with Gasteiger partial charge >= 0.3 is 17.9 Å². The van der Waals surface area contributed by atoms with Gasteiger partial charge in [0.15, 0.2) is 0 Å². The Hall–Kier alpha value is -1.67. The van der Waals surface area contributed by atoms with Crippen LogP contribution < -0.4 is 5.73 Å². The second kappa shape index (κ2) is 9.29. The van der Waals surface area contributed by atoms with Crippen molar-refractivity contribution in [1.82, 2.24) is 4.90 Å². The summed E-state index contributed by atoms with van der Waals surface area (Å²) in [5.74, 6) is -3.19. The smallest absolute Gasteiger partial charge is 0.320 e. The zero-order valence-corrected chi connectivity index (χ0v) is 10.6. The molecule has 0 aromatic carbocycles. The van der Waals surface area contributed by atoms with Crippen LogP contribution in [0.5, 0.6) is 0 Å². The number of aliphatic carboxylic acids is 3. The number of carboxylic acids is 3. The van der Waals surface area contributed by atoms with Gasteiger partial charge in [-0.3, -0.25) is 19.3 Å². The third-order valence-corrected chi connectivity index (χ3v) is 2.52. The molecule has 8 nitrogen and oxygen atoms in total. The third-order valence-electron chi connectivity index (χ3n) is 2.52. The number of carbonyl (C=O) groups is 3. The molecule has 0 unspecified atom stereocenters.